The second kappa shape index (κ2) is 5.73. The molecule has 0 spiro atoms. The lowest BCUT2D eigenvalue weighted by molar-refractivity contribution is 0.0940. The minimum Gasteiger partial charge on any atom is -0.337 e. The third kappa shape index (κ3) is 2.86. The Balaban J connectivity index is 2.36. The van der Waals surface area contributed by atoms with Crippen molar-refractivity contribution in [2.24, 2.45) is 0 Å². The number of carbonyl (C=O) groups is 1. The van der Waals surface area contributed by atoms with Crippen molar-refractivity contribution in [2.45, 2.75) is 19.4 Å². The Bertz CT molecular complexity index is 661. The Kier molecular flexibility index (Phi) is 4.03. The van der Waals surface area contributed by atoms with Crippen molar-refractivity contribution in [3.05, 3.63) is 41.2 Å². The van der Waals surface area contributed by atoms with Crippen LogP contribution >= 0.6 is 11.6 Å². The molecule has 0 radical (unpaired) electrons. The predicted octanol–water partition coefficient (Wildman–Crippen LogP) is 3.03. The van der Waals surface area contributed by atoms with E-state index in [0.717, 1.165) is 10.8 Å². The zero-order valence-electron chi connectivity index (χ0n) is 10.5. The summed E-state index contributed by atoms with van der Waals surface area (Å²) < 4.78 is 0. The molecule has 96 valence electrons. The van der Waals surface area contributed by atoms with Gasteiger partial charge in [-0.1, -0.05) is 48.7 Å². The number of hydrogen-bond acceptors (Lipinski definition) is 2. The molecule has 0 bridgehead atoms. The molecule has 4 heteroatoms. The first-order valence-electron chi connectivity index (χ1n) is 5.98. The quantitative estimate of drug-likeness (QED) is 0.689. The van der Waals surface area contributed by atoms with E-state index in [2.05, 4.69) is 16.2 Å². The van der Waals surface area contributed by atoms with Crippen molar-refractivity contribution in [1.82, 2.24) is 10.3 Å². The van der Waals surface area contributed by atoms with E-state index in [1.165, 1.54) is 0 Å². The third-order valence-electron chi connectivity index (χ3n) is 2.84. The van der Waals surface area contributed by atoms with E-state index in [1.54, 1.807) is 6.07 Å². The molecular weight excluding hydrogens is 260 g/mol. The number of hydrogen-bond donors (Lipinski definition) is 1. The molecule has 1 amide bonds. The molecule has 1 aromatic heterocycles. The van der Waals surface area contributed by atoms with E-state index in [1.807, 2.05) is 31.2 Å². The minimum absolute atomic E-state index is 0.275. The average Bonchev–Trinajstić information content (AvgIpc) is 2.44. The van der Waals surface area contributed by atoms with Crippen LogP contribution in [-0.2, 0) is 0 Å². The van der Waals surface area contributed by atoms with Crippen LogP contribution in [0.25, 0.3) is 10.8 Å². The van der Waals surface area contributed by atoms with Crippen LogP contribution in [0.5, 0.6) is 0 Å². The van der Waals surface area contributed by atoms with E-state index in [-0.39, 0.29) is 17.6 Å². The second-order valence-corrected chi connectivity index (χ2v) is 4.48. The molecule has 3 nitrogen and oxygen atoms in total. The van der Waals surface area contributed by atoms with E-state index in [0.29, 0.717) is 11.6 Å². The smallest absolute Gasteiger partial charge is 0.270 e. The van der Waals surface area contributed by atoms with E-state index < -0.39 is 0 Å². The van der Waals surface area contributed by atoms with Gasteiger partial charge in [0.05, 0.1) is 6.04 Å². The van der Waals surface area contributed by atoms with E-state index in [9.17, 15) is 4.79 Å². The Morgan fingerprint density at radius 1 is 1.53 bits per heavy atom. The summed E-state index contributed by atoms with van der Waals surface area (Å²) in [7, 11) is 0. The molecule has 0 aliphatic rings. The molecule has 1 heterocycles. The number of nitrogens with one attached hydrogen (secondary N) is 1. The summed E-state index contributed by atoms with van der Waals surface area (Å²) in [4.78, 5) is 16.1. The summed E-state index contributed by atoms with van der Waals surface area (Å²) in [6.07, 6.45) is 5.99. The van der Waals surface area contributed by atoms with Crippen molar-refractivity contribution in [1.29, 1.82) is 0 Å². The average molecular weight is 273 g/mol. The topological polar surface area (TPSA) is 42.0 Å². The number of aromatic nitrogens is 1. The molecule has 0 aliphatic heterocycles. The summed E-state index contributed by atoms with van der Waals surface area (Å²) in [6, 6.07) is 8.93. The number of rotatable bonds is 3. The summed E-state index contributed by atoms with van der Waals surface area (Å²) >= 11 is 6.08. The number of fused-ring (bicyclic) bond motifs is 1. The molecule has 0 saturated carbocycles. The van der Waals surface area contributed by atoms with Crippen LogP contribution in [0.3, 0.4) is 0 Å². The Morgan fingerprint density at radius 2 is 2.26 bits per heavy atom. The maximum absolute atomic E-state index is 12.0. The SMILES string of the molecule is C#CC(CC)NC(=O)c1cc2ccccc2c(Cl)n1. The second-order valence-electron chi connectivity index (χ2n) is 4.12. The monoisotopic (exact) mass is 272 g/mol. The van der Waals surface area contributed by atoms with E-state index in [4.69, 9.17) is 18.0 Å². The van der Waals surface area contributed by atoms with Crippen molar-refractivity contribution >= 4 is 28.3 Å². The lowest BCUT2D eigenvalue weighted by Gasteiger charge is -2.11. The number of pyridine rings is 1. The van der Waals surface area contributed by atoms with Gasteiger partial charge >= 0.3 is 0 Å². The molecule has 19 heavy (non-hydrogen) atoms. The standard InChI is InChI=1S/C15H13ClN2O/c1-3-11(4-2)17-15(19)13-9-10-7-5-6-8-12(10)14(16)18-13/h1,5-9,11H,4H2,2H3,(H,17,19). The van der Waals surface area contributed by atoms with Crippen LogP contribution in [-0.4, -0.2) is 16.9 Å². The summed E-state index contributed by atoms with van der Waals surface area (Å²) in [5.41, 5.74) is 0.275. The molecule has 1 atom stereocenters. The fourth-order valence-electron chi connectivity index (χ4n) is 1.77. The maximum atomic E-state index is 12.0. The van der Waals surface area contributed by atoms with Crippen molar-refractivity contribution < 1.29 is 4.79 Å². The number of amides is 1. The molecule has 0 saturated heterocycles. The molecule has 2 aromatic rings. The van der Waals surface area contributed by atoms with Gasteiger partial charge in [0, 0.05) is 5.39 Å². The number of benzene rings is 1. The first-order valence-corrected chi connectivity index (χ1v) is 6.35. The molecule has 2 rings (SSSR count). The van der Waals surface area contributed by atoms with E-state index >= 15 is 0 Å². The van der Waals surface area contributed by atoms with Gasteiger partial charge in [-0.2, -0.15) is 0 Å². The molecule has 1 unspecified atom stereocenters. The van der Waals surface area contributed by atoms with Crippen molar-refractivity contribution in [3.8, 4) is 12.3 Å². The largest absolute Gasteiger partial charge is 0.337 e. The van der Waals surface area contributed by atoms with Crippen LogP contribution < -0.4 is 5.32 Å². The third-order valence-corrected chi connectivity index (χ3v) is 3.13. The van der Waals surface area contributed by atoms with Crippen LogP contribution in [0.1, 0.15) is 23.8 Å². The fraction of sp³-hybridized carbons (Fsp3) is 0.200. The Labute approximate surface area is 117 Å². The first kappa shape index (κ1) is 13.4. The zero-order valence-corrected chi connectivity index (χ0v) is 11.2. The van der Waals surface area contributed by atoms with Crippen LogP contribution in [0, 0.1) is 12.3 Å². The summed E-state index contributed by atoms with van der Waals surface area (Å²) in [6.45, 7) is 1.91. The van der Waals surface area contributed by atoms with Gasteiger partial charge in [0.1, 0.15) is 10.8 Å². The number of carbonyl (C=O) groups excluding carboxylic acids is 1. The summed E-state index contributed by atoms with van der Waals surface area (Å²) in [5, 5.41) is 4.75. The molecular formula is C15H13ClN2O. The summed E-state index contributed by atoms with van der Waals surface area (Å²) in [5.74, 6) is 2.20. The van der Waals surface area contributed by atoms with Crippen molar-refractivity contribution in [3.63, 3.8) is 0 Å². The maximum Gasteiger partial charge on any atom is 0.270 e. The van der Waals surface area contributed by atoms with Crippen LogP contribution in [0.2, 0.25) is 5.15 Å². The fourth-order valence-corrected chi connectivity index (χ4v) is 2.03. The van der Waals surface area contributed by atoms with Gasteiger partial charge in [-0.15, -0.1) is 6.42 Å². The highest BCUT2D eigenvalue weighted by molar-refractivity contribution is 6.34. The van der Waals surface area contributed by atoms with Crippen LogP contribution in [0.15, 0.2) is 30.3 Å². The van der Waals surface area contributed by atoms with Gasteiger partial charge in [-0.25, -0.2) is 4.98 Å². The van der Waals surface area contributed by atoms with Crippen LogP contribution in [0.4, 0.5) is 0 Å². The number of nitrogens with zero attached hydrogens (tertiary/aromatic N) is 1. The van der Waals surface area contributed by atoms with Gasteiger partial charge in [-0.3, -0.25) is 4.79 Å². The lowest BCUT2D eigenvalue weighted by atomic mass is 10.1. The normalized spacial score (nSPS) is 11.8. The highest BCUT2D eigenvalue weighted by Crippen LogP contribution is 2.22. The Morgan fingerprint density at radius 3 is 2.95 bits per heavy atom. The van der Waals surface area contributed by atoms with Gasteiger partial charge in [-0.05, 0) is 17.9 Å². The Hall–Kier alpha value is -2.05. The van der Waals surface area contributed by atoms with Crippen molar-refractivity contribution in [2.75, 3.05) is 0 Å². The number of terminal acetylenes is 1. The van der Waals surface area contributed by atoms with Gasteiger partial charge < -0.3 is 5.32 Å². The lowest BCUT2D eigenvalue weighted by Crippen LogP contribution is -2.33. The zero-order chi connectivity index (χ0) is 13.8. The minimum atomic E-state index is -0.308. The molecule has 1 N–H and O–H groups in total. The predicted molar refractivity (Wildman–Crippen MR) is 77.1 cm³/mol. The molecule has 0 fully saturated rings. The highest BCUT2D eigenvalue weighted by atomic mass is 35.5. The highest BCUT2D eigenvalue weighted by Gasteiger charge is 2.13. The van der Waals surface area contributed by atoms with Gasteiger partial charge in [0.2, 0.25) is 0 Å². The van der Waals surface area contributed by atoms with Gasteiger partial charge in [0.15, 0.2) is 0 Å². The number of halogens is 1. The molecule has 1 aromatic carbocycles. The van der Waals surface area contributed by atoms with Gasteiger partial charge in [0.25, 0.3) is 5.91 Å². The first-order chi connectivity index (χ1) is 9.15. The molecule has 0 aliphatic carbocycles.